The second-order valence-corrected chi connectivity index (χ2v) is 7.67. The van der Waals surface area contributed by atoms with Crippen LogP contribution in [-0.4, -0.2) is 49.2 Å². The molecule has 156 valence electrons. The number of rotatable bonds is 5. The molecule has 1 aromatic rings. The van der Waals surface area contributed by atoms with Crippen molar-refractivity contribution >= 4 is 29.5 Å². The van der Waals surface area contributed by atoms with E-state index in [0.29, 0.717) is 16.3 Å². The summed E-state index contributed by atoms with van der Waals surface area (Å²) in [5, 5.41) is 11.9. The first kappa shape index (κ1) is 21.3. The Balaban J connectivity index is 2.18. The highest BCUT2D eigenvalue weighted by atomic mass is 32.2. The largest absolute Gasteiger partial charge is 0.497 e. The van der Waals surface area contributed by atoms with Gasteiger partial charge in [0.2, 0.25) is 5.91 Å². The Kier molecular flexibility index (Phi) is 6.03. The van der Waals surface area contributed by atoms with E-state index < -0.39 is 29.0 Å². The summed E-state index contributed by atoms with van der Waals surface area (Å²) in [6, 6.07) is 8.96. The number of allylic oxidation sites excluding steroid dienone is 1. The maximum Gasteiger partial charge on any atom is 0.307 e. The number of fused-ring (bicyclic) bond motifs is 1. The van der Waals surface area contributed by atoms with E-state index >= 15 is 0 Å². The lowest BCUT2D eigenvalue weighted by Gasteiger charge is -2.31. The number of carbonyl (C=O) groups excluding carboxylic acids is 3. The zero-order valence-corrected chi connectivity index (χ0v) is 17.4. The summed E-state index contributed by atoms with van der Waals surface area (Å²) in [4.78, 5) is 38.7. The van der Waals surface area contributed by atoms with E-state index in [-0.39, 0.29) is 23.4 Å². The smallest absolute Gasteiger partial charge is 0.307 e. The van der Waals surface area contributed by atoms with Crippen LogP contribution in [0.4, 0.5) is 0 Å². The number of esters is 1. The normalized spacial score (nSPS) is 20.6. The van der Waals surface area contributed by atoms with E-state index in [2.05, 4.69) is 16.1 Å². The fourth-order valence-electron chi connectivity index (χ4n) is 3.41. The van der Waals surface area contributed by atoms with Crippen LogP contribution in [0.25, 0.3) is 0 Å². The van der Waals surface area contributed by atoms with E-state index in [1.807, 2.05) is 0 Å². The molecule has 2 heterocycles. The summed E-state index contributed by atoms with van der Waals surface area (Å²) >= 11 is 1.07. The minimum atomic E-state index is -0.805. The molecule has 1 fully saturated rings. The van der Waals surface area contributed by atoms with E-state index in [9.17, 15) is 19.6 Å². The predicted molar refractivity (Wildman–Crippen MR) is 109 cm³/mol. The van der Waals surface area contributed by atoms with Crippen molar-refractivity contribution in [2.45, 2.75) is 17.6 Å². The molecule has 2 aliphatic heterocycles. The molecule has 3 rings (SSSR count). The molecule has 10 heteroatoms. The van der Waals surface area contributed by atoms with E-state index in [0.717, 1.165) is 16.7 Å². The van der Waals surface area contributed by atoms with Crippen molar-refractivity contribution < 1.29 is 23.9 Å². The molecule has 0 aliphatic carbocycles. The van der Waals surface area contributed by atoms with Crippen molar-refractivity contribution in [1.29, 1.82) is 5.26 Å². The SMILES string of the molecule is CNC(=O)C1=C2S[C@H](CC(=O)OC)C(=O)N2C(N)=C(C#N)[C@H]1c1ccc(OC)cc1. The van der Waals surface area contributed by atoms with Gasteiger partial charge in [-0.3, -0.25) is 19.3 Å². The average Bonchev–Trinajstić information content (AvgIpc) is 3.08. The summed E-state index contributed by atoms with van der Waals surface area (Å²) in [6.45, 7) is 0. The molecule has 0 bridgehead atoms. The van der Waals surface area contributed by atoms with Crippen molar-refractivity contribution in [3.63, 3.8) is 0 Å². The highest BCUT2D eigenvalue weighted by Crippen LogP contribution is 2.49. The average molecular weight is 428 g/mol. The maximum absolute atomic E-state index is 12.9. The van der Waals surface area contributed by atoms with Crippen molar-refractivity contribution in [2.75, 3.05) is 21.3 Å². The summed E-state index contributed by atoms with van der Waals surface area (Å²) in [6.07, 6.45) is -0.177. The number of benzene rings is 1. The highest BCUT2D eigenvalue weighted by Gasteiger charge is 2.48. The zero-order valence-electron chi connectivity index (χ0n) is 16.6. The van der Waals surface area contributed by atoms with Gasteiger partial charge < -0.3 is 20.5 Å². The lowest BCUT2D eigenvalue weighted by atomic mass is 9.82. The Labute approximate surface area is 177 Å². The number of nitriles is 1. The monoisotopic (exact) mass is 428 g/mol. The molecule has 30 heavy (non-hydrogen) atoms. The topological polar surface area (TPSA) is 135 Å². The standard InChI is InChI=1S/C20H20N4O5S/c1-23-18(26)16-15(10-4-6-11(28-2)7-5-10)12(9-21)17(22)24-19(27)13(30-20(16)24)8-14(25)29-3/h4-7,13,15H,8,22H2,1-3H3,(H,23,26)/t13-,15-/m1/s1. The van der Waals surface area contributed by atoms with Crippen molar-refractivity contribution in [3.8, 4) is 11.8 Å². The molecule has 0 spiro atoms. The molecular weight excluding hydrogens is 408 g/mol. The number of carbonyl (C=O) groups is 3. The Bertz CT molecular complexity index is 1010. The van der Waals surface area contributed by atoms with Gasteiger partial charge in [-0.05, 0) is 17.7 Å². The number of amides is 2. The van der Waals surface area contributed by atoms with Crippen LogP contribution < -0.4 is 15.8 Å². The van der Waals surface area contributed by atoms with Gasteiger partial charge in [0.15, 0.2) is 0 Å². The number of ether oxygens (including phenoxy) is 2. The molecule has 2 amide bonds. The van der Waals surface area contributed by atoms with Crippen molar-refractivity contribution in [2.24, 2.45) is 5.73 Å². The molecule has 2 atom stereocenters. The van der Waals surface area contributed by atoms with Gasteiger partial charge in [0, 0.05) is 7.05 Å². The predicted octanol–water partition coefficient (Wildman–Crippen LogP) is 0.951. The fraction of sp³-hybridized carbons (Fsp3) is 0.300. The minimum Gasteiger partial charge on any atom is -0.497 e. The van der Waals surface area contributed by atoms with E-state index in [4.69, 9.17) is 10.5 Å². The number of methoxy groups -OCH3 is 2. The Hall–Kier alpha value is -3.45. The molecule has 9 nitrogen and oxygen atoms in total. The van der Waals surface area contributed by atoms with Crippen LogP contribution in [0.15, 0.2) is 46.3 Å². The number of nitrogens with two attached hydrogens (primary N) is 1. The first-order valence-corrected chi connectivity index (χ1v) is 9.83. The number of hydrogen-bond donors (Lipinski definition) is 2. The highest BCUT2D eigenvalue weighted by molar-refractivity contribution is 8.04. The van der Waals surface area contributed by atoms with Gasteiger partial charge in [0.1, 0.15) is 16.8 Å². The zero-order chi connectivity index (χ0) is 22.0. The van der Waals surface area contributed by atoms with Gasteiger partial charge in [0.25, 0.3) is 5.91 Å². The Morgan fingerprint density at radius 3 is 2.50 bits per heavy atom. The molecule has 0 saturated carbocycles. The third-order valence-electron chi connectivity index (χ3n) is 4.90. The molecule has 0 unspecified atom stereocenters. The van der Waals surface area contributed by atoms with Crippen molar-refractivity contribution in [3.05, 3.63) is 51.8 Å². The maximum atomic E-state index is 12.9. The van der Waals surface area contributed by atoms with Gasteiger partial charge in [-0.2, -0.15) is 5.26 Å². The summed E-state index contributed by atoms with van der Waals surface area (Å²) < 4.78 is 9.84. The molecule has 2 aliphatic rings. The summed E-state index contributed by atoms with van der Waals surface area (Å²) in [5.74, 6) is -1.69. The number of thioether (sulfide) groups is 1. The van der Waals surface area contributed by atoms with Crippen LogP contribution in [0.3, 0.4) is 0 Å². The Morgan fingerprint density at radius 1 is 1.30 bits per heavy atom. The molecule has 1 aromatic carbocycles. The lowest BCUT2D eigenvalue weighted by molar-refractivity contribution is -0.142. The van der Waals surface area contributed by atoms with Crippen LogP contribution in [0, 0.1) is 11.3 Å². The van der Waals surface area contributed by atoms with Gasteiger partial charge in [-0.15, -0.1) is 0 Å². The molecule has 1 saturated heterocycles. The first-order valence-electron chi connectivity index (χ1n) is 8.95. The summed E-state index contributed by atoms with van der Waals surface area (Å²) in [7, 11) is 4.23. The molecule has 0 radical (unpaired) electrons. The van der Waals surface area contributed by atoms with Gasteiger partial charge >= 0.3 is 5.97 Å². The van der Waals surface area contributed by atoms with E-state index in [1.54, 1.807) is 24.3 Å². The first-order chi connectivity index (χ1) is 14.4. The third kappa shape index (κ3) is 3.48. The Morgan fingerprint density at radius 2 is 1.97 bits per heavy atom. The van der Waals surface area contributed by atoms with Crippen LogP contribution in [-0.2, 0) is 19.1 Å². The quantitative estimate of drug-likeness (QED) is 0.662. The third-order valence-corrected chi connectivity index (χ3v) is 6.18. The fourth-order valence-corrected chi connectivity index (χ4v) is 4.73. The molecule has 3 N–H and O–H groups in total. The van der Waals surface area contributed by atoms with Crippen LogP contribution >= 0.6 is 11.8 Å². The summed E-state index contributed by atoms with van der Waals surface area (Å²) in [5.41, 5.74) is 7.16. The van der Waals surface area contributed by atoms with Gasteiger partial charge in [0.05, 0.1) is 48.8 Å². The molecule has 0 aromatic heterocycles. The number of likely N-dealkylation sites (N-methyl/N-ethyl adjacent to an activating group) is 1. The number of nitrogens with one attached hydrogen (secondary N) is 1. The van der Waals surface area contributed by atoms with Gasteiger partial charge in [-0.1, -0.05) is 23.9 Å². The van der Waals surface area contributed by atoms with E-state index in [1.165, 1.54) is 21.3 Å². The second kappa shape index (κ2) is 8.51. The van der Waals surface area contributed by atoms with Gasteiger partial charge in [-0.25, -0.2) is 0 Å². The minimum absolute atomic E-state index is 0.0502. The number of nitrogens with zero attached hydrogens (tertiary/aromatic N) is 2. The molecular formula is C20H20N4O5S. The van der Waals surface area contributed by atoms with Crippen LogP contribution in [0.5, 0.6) is 5.75 Å². The number of hydrogen-bond acceptors (Lipinski definition) is 8. The second-order valence-electron chi connectivity index (χ2n) is 6.48. The van der Waals surface area contributed by atoms with Crippen LogP contribution in [0.2, 0.25) is 0 Å². The lowest BCUT2D eigenvalue weighted by Crippen LogP contribution is -2.39. The van der Waals surface area contributed by atoms with Crippen LogP contribution in [0.1, 0.15) is 17.9 Å². The van der Waals surface area contributed by atoms with Crippen molar-refractivity contribution in [1.82, 2.24) is 10.2 Å².